The summed E-state index contributed by atoms with van der Waals surface area (Å²) in [6, 6.07) is 10.4. The van der Waals surface area contributed by atoms with E-state index < -0.39 is 17.6 Å². The van der Waals surface area contributed by atoms with Crippen LogP contribution >= 0.6 is 11.6 Å². The summed E-state index contributed by atoms with van der Waals surface area (Å²) < 4.78 is 35.4. The largest absolute Gasteiger partial charge is 0.478 e. The number of nitrogens with zero attached hydrogens (tertiary/aromatic N) is 3. The van der Waals surface area contributed by atoms with Crippen molar-refractivity contribution in [3.05, 3.63) is 82.2 Å². The van der Waals surface area contributed by atoms with Crippen molar-refractivity contribution in [2.45, 2.75) is 76.5 Å². The molecule has 1 unspecified atom stereocenters. The Balaban J connectivity index is 1.13. The highest BCUT2D eigenvalue weighted by Crippen LogP contribution is 2.49. The molecule has 0 amide bonds. The van der Waals surface area contributed by atoms with Crippen LogP contribution in [0.25, 0.3) is 6.08 Å². The quantitative estimate of drug-likeness (QED) is 0.273. The molecule has 0 radical (unpaired) electrons. The van der Waals surface area contributed by atoms with E-state index in [9.17, 15) is 9.18 Å². The van der Waals surface area contributed by atoms with Crippen LogP contribution in [0.15, 0.2) is 48.7 Å². The summed E-state index contributed by atoms with van der Waals surface area (Å²) in [6.45, 7) is 6.77. The lowest BCUT2D eigenvalue weighted by Crippen LogP contribution is -2.34. The molecule has 42 heavy (non-hydrogen) atoms. The van der Waals surface area contributed by atoms with Crippen LogP contribution in [0.1, 0.15) is 68.1 Å². The Bertz CT molecular complexity index is 1500. The van der Waals surface area contributed by atoms with Crippen LogP contribution in [-0.4, -0.2) is 50.8 Å². The summed E-state index contributed by atoms with van der Waals surface area (Å²) in [5, 5.41) is 9.46. The first-order valence-electron chi connectivity index (χ1n) is 14.5. The fourth-order valence-electron chi connectivity index (χ4n) is 5.93. The number of carboxylic acid groups (broad SMARTS) is 1. The molecule has 8 nitrogen and oxygen atoms in total. The van der Waals surface area contributed by atoms with Gasteiger partial charge in [0.1, 0.15) is 11.6 Å². The summed E-state index contributed by atoms with van der Waals surface area (Å²) >= 11 is 5.96. The Morgan fingerprint density at radius 3 is 2.74 bits per heavy atom. The van der Waals surface area contributed by atoms with Gasteiger partial charge in [0.05, 0.1) is 42.8 Å². The molecular weight excluding hydrogens is 561 g/mol. The summed E-state index contributed by atoms with van der Waals surface area (Å²) in [6.07, 6.45) is 8.84. The first-order valence-corrected chi connectivity index (χ1v) is 14.9. The molecule has 1 N–H and O–H groups in total. The zero-order valence-electron chi connectivity index (χ0n) is 23.8. The Hall–Kier alpha value is -3.40. The Morgan fingerprint density at radius 1 is 1.24 bits per heavy atom. The molecule has 0 spiro atoms. The number of likely N-dealkylation sites (tertiary alicyclic amines) is 1. The number of rotatable bonds is 10. The first kappa shape index (κ1) is 28.7. The zero-order chi connectivity index (χ0) is 29.4. The van der Waals surface area contributed by atoms with Crippen LogP contribution in [0.3, 0.4) is 0 Å². The van der Waals surface area contributed by atoms with Crippen molar-refractivity contribution in [3.63, 3.8) is 0 Å². The average molecular weight is 596 g/mol. The van der Waals surface area contributed by atoms with Gasteiger partial charge < -0.3 is 23.9 Å². The number of ether oxygens (including phenoxy) is 3. The van der Waals surface area contributed by atoms with E-state index in [4.69, 9.17) is 30.9 Å². The van der Waals surface area contributed by atoms with Crippen LogP contribution < -0.4 is 9.47 Å². The van der Waals surface area contributed by atoms with Crippen LogP contribution in [0.5, 0.6) is 11.5 Å². The van der Waals surface area contributed by atoms with E-state index in [1.54, 1.807) is 31.3 Å². The molecular formula is C32H35ClFN3O5. The topological polar surface area (TPSA) is 86.1 Å². The molecule has 1 aliphatic carbocycles. The maximum atomic E-state index is 14.8. The number of aliphatic carboxylic acids is 1. The number of aromatic nitrogens is 2. The third-order valence-electron chi connectivity index (χ3n) is 8.18. The smallest absolute Gasteiger partial charge is 0.328 e. The molecule has 1 aromatic heterocycles. The van der Waals surface area contributed by atoms with Gasteiger partial charge in [0.2, 0.25) is 0 Å². The SMILES string of the molecule is CC(Cn1c(/C=C/C(=O)O)cnc1CN1CCC(c2cccc3c2O[C@@](C)(c2ccc(Cl)cc2F)O3)CC1)OC1CC1. The summed E-state index contributed by atoms with van der Waals surface area (Å²) in [5.74, 6) is -0.310. The van der Waals surface area contributed by atoms with E-state index in [0.29, 0.717) is 41.3 Å². The third kappa shape index (κ3) is 6.19. The second kappa shape index (κ2) is 11.7. The monoisotopic (exact) mass is 595 g/mol. The number of imidazole rings is 1. The molecule has 10 heteroatoms. The van der Waals surface area contributed by atoms with E-state index in [1.807, 2.05) is 12.1 Å². The van der Waals surface area contributed by atoms with Gasteiger partial charge in [-0.05, 0) is 82.0 Å². The van der Waals surface area contributed by atoms with Crippen molar-refractivity contribution in [2.75, 3.05) is 13.1 Å². The number of para-hydroxylation sites is 1. The van der Waals surface area contributed by atoms with E-state index in [-0.39, 0.29) is 12.0 Å². The average Bonchev–Trinajstić information content (AvgIpc) is 3.57. The summed E-state index contributed by atoms with van der Waals surface area (Å²) in [7, 11) is 0. The van der Waals surface area contributed by atoms with E-state index in [1.165, 1.54) is 6.07 Å². The number of halogens is 2. The molecule has 222 valence electrons. The minimum Gasteiger partial charge on any atom is -0.478 e. The number of piperidine rings is 1. The first-order chi connectivity index (χ1) is 20.2. The van der Waals surface area contributed by atoms with Gasteiger partial charge in [0.25, 0.3) is 5.79 Å². The van der Waals surface area contributed by atoms with Crippen molar-refractivity contribution in [3.8, 4) is 11.5 Å². The Morgan fingerprint density at radius 2 is 2.02 bits per heavy atom. The van der Waals surface area contributed by atoms with Crippen LogP contribution in [0, 0.1) is 5.82 Å². The standard InChI is InChI=1S/C32H35ClFN3O5/c1-20(40-24-8-9-24)18-37-23(7-11-30(38)39)17-35-29(37)19-36-14-12-21(13-15-36)25-4-3-5-28-31(25)42-32(2,41-28)26-10-6-22(33)16-27(26)34/h3-7,10-11,16-17,20-21,24H,8-9,12-15,18-19H2,1-2H3,(H,38,39)/b11-7+/t20?,32-/m0/s1. The van der Waals surface area contributed by atoms with Crippen molar-refractivity contribution in [2.24, 2.45) is 0 Å². The van der Waals surface area contributed by atoms with Crippen molar-refractivity contribution in [1.29, 1.82) is 0 Å². The minimum atomic E-state index is -1.28. The number of hydrogen-bond donors (Lipinski definition) is 1. The zero-order valence-corrected chi connectivity index (χ0v) is 24.5. The molecule has 1 saturated carbocycles. The number of benzene rings is 2. The second-order valence-corrected chi connectivity index (χ2v) is 12.0. The van der Waals surface area contributed by atoms with Gasteiger partial charge in [-0.25, -0.2) is 14.2 Å². The predicted octanol–water partition coefficient (Wildman–Crippen LogP) is 6.36. The Labute approximate surface area is 249 Å². The third-order valence-corrected chi connectivity index (χ3v) is 8.41. The normalized spacial score (nSPS) is 21.7. The van der Waals surface area contributed by atoms with Gasteiger partial charge in [-0.1, -0.05) is 23.7 Å². The summed E-state index contributed by atoms with van der Waals surface area (Å²) in [4.78, 5) is 18.2. The van der Waals surface area contributed by atoms with Gasteiger partial charge in [-0.15, -0.1) is 0 Å². The Kier molecular flexibility index (Phi) is 8.00. The molecule has 3 aliphatic rings. The molecule has 2 atom stereocenters. The highest BCUT2D eigenvalue weighted by molar-refractivity contribution is 6.30. The maximum absolute atomic E-state index is 14.8. The lowest BCUT2D eigenvalue weighted by molar-refractivity contribution is -0.131. The number of fused-ring (bicyclic) bond motifs is 1. The van der Waals surface area contributed by atoms with Crippen LogP contribution in [-0.2, 0) is 28.4 Å². The molecule has 2 aromatic carbocycles. The highest BCUT2D eigenvalue weighted by atomic mass is 35.5. The van der Waals surface area contributed by atoms with E-state index in [0.717, 1.165) is 61.9 Å². The van der Waals surface area contributed by atoms with E-state index in [2.05, 4.69) is 27.4 Å². The van der Waals surface area contributed by atoms with Gasteiger partial charge >= 0.3 is 5.97 Å². The van der Waals surface area contributed by atoms with Crippen LogP contribution in [0.4, 0.5) is 4.39 Å². The number of hydrogen-bond acceptors (Lipinski definition) is 6. The molecule has 6 rings (SSSR count). The predicted molar refractivity (Wildman–Crippen MR) is 156 cm³/mol. The molecule has 3 aromatic rings. The molecule has 0 bridgehead atoms. The highest BCUT2D eigenvalue weighted by Gasteiger charge is 2.43. The molecule has 2 aliphatic heterocycles. The fourth-order valence-corrected chi connectivity index (χ4v) is 6.09. The number of carboxylic acids is 1. The minimum absolute atomic E-state index is 0.00240. The van der Waals surface area contributed by atoms with Crippen LogP contribution in [0.2, 0.25) is 5.02 Å². The van der Waals surface area contributed by atoms with Gasteiger partial charge in [0, 0.05) is 23.6 Å². The summed E-state index contributed by atoms with van der Waals surface area (Å²) in [5.41, 5.74) is 2.12. The van der Waals surface area contributed by atoms with Gasteiger partial charge in [-0.2, -0.15) is 0 Å². The lowest BCUT2D eigenvalue weighted by atomic mass is 9.88. The molecule has 3 heterocycles. The fraction of sp³-hybridized carbons (Fsp3) is 0.438. The van der Waals surface area contributed by atoms with Crippen molar-refractivity contribution >= 4 is 23.6 Å². The number of carbonyl (C=O) groups is 1. The van der Waals surface area contributed by atoms with Gasteiger partial charge in [0.15, 0.2) is 11.5 Å². The lowest BCUT2D eigenvalue weighted by Gasteiger charge is -2.32. The van der Waals surface area contributed by atoms with E-state index >= 15 is 0 Å². The molecule has 1 saturated heterocycles. The van der Waals surface area contributed by atoms with Crippen molar-refractivity contribution in [1.82, 2.24) is 14.5 Å². The second-order valence-electron chi connectivity index (χ2n) is 11.5. The molecule has 2 fully saturated rings. The van der Waals surface area contributed by atoms with Crippen molar-refractivity contribution < 1.29 is 28.5 Å². The maximum Gasteiger partial charge on any atom is 0.328 e. The van der Waals surface area contributed by atoms with Gasteiger partial charge in [-0.3, -0.25) is 4.90 Å².